The molecular formula is C33H42N2O5S. The minimum absolute atomic E-state index is 0.438. The van der Waals surface area contributed by atoms with Gasteiger partial charge in [0.2, 0.25) is 0 Å². The maximum Gasteiger partial charge on any atom is 0.190 e. The standard InChI is InChI=1S/C33H42N2O5S/c1-21-9-10-24(29(37-5)30-28(36)31-32(38-30)40-33(2,3)39-31)18-25(21)19-26-11-12-27(41-26)23-8-6-7-22(17-23)20-35-15-13-34(4)14-16-35/h6-12,17-18,28-32,36H,13-16,19-20H2,1-5H3/t28-,29?,30-,31+,32+/m1/s1. The van der Waals surface area contributed by atoms with Crippen LogP contribution in [0.5, 0.6) is 0 Å². The van der Waals surface area contributed by atoms with E-state index in [9.17, 15) is 5.11 Å². The maximum absolute atomic E-state index is 11.0. The Morgan fingerprint density at radius 3 is 2.61 bits per heavy atom. The van der Waals surface area contributed by atoms with E-state index in [2.05, 4.69) is 78.4 Å². The summed E-state index contributed by atoms with van der Waals surface area (Å²) in [5.74, 6) is -0.771. The van der Waals surface area contributed by atoms with Crippen molar-refractivity contribution in [2.75, 3.05) is 40.3 Å². The van der Waals surface area contributed by atoms with E-state index < -0.39 is 36.5 Å². The first kappa shape index (κ1) is 29.0. The molecule has 3 aromatic rings. The molecule has 5 atom stereocenters. The van der Waals surface area contributed by atoms with Crippen molar-refractivity contribution in [3.05, 3.63) is 81.7 Å². The number of aliphatic hydroxyl groups is 1. The van der Waals surface area contributed by atoms with Crippen molar-refractivity contribution in [1.82, 2.24) is 9.80 Å². The van der Waals surface area contributed by atoms with Crippen LogP contribution >= 0.6 is 11.3 Å². The van der Waals surface area contributed by atoms with Gasteiger partial charge in [0.25, 0.3) is 0 Å². The van der Waals surface area contributed by atoms with Crippen molar-refractivity contribution in [2.45, 2.75) is 70.2 Å². The largest absolute Gasteiger partial charge is 0.387 e. The highest BCUT2D eigenvalue weighted by Gasteiger charge is 2.56. The van der Waals surface area contributed by atoms with Crippen LogP contribution < -0.4 is 0 Å². The fraction of sp³-hybridized carbons (Fsp3) is 0.515. The van der Waals surface area contributed by atoms with Gasteiger partial charge >= 0.3 is 0 Å². The molecule has 1 aromatic heterocycles. The van der Waals surface area contributed by atoms with Gasteiger partial charge in [0.1, 0.15) is 24.4 Å². The molecule has 4 heterocycles. The molecular weight excluding hydrogens is 536 g/mol. The normalized spacial score (nSPS) is 27.3. The molecule has 3 saturated heterocycles. The van der Waals surface area contributed by atoms with E-state index in [4.69, 9.17) is 18.9 Å². The van der Waals surface area contributed by atoms with Crippen molar-refractivity contribution >= 4 is 11.3 Å². The number of aryl methyl sites for hydroxylation is 1. The van der Waals surface area contributed by atoms with Crippen LogP contribution in [-0.4, -0.2) is 85.6 Å². The van der Waals surface area contributed by atoms with Crippen LogP contribution in [0.2, 0.25) is 0 Å². The van der Waals surface area contributed by atoms with Crippen molar-refractivity contribution in [1.29, 1.82) is 0 Å². The molecule has 0 saturated carbocycles. The van der Waals surface area contributed by atoms with Crippen LogP contribution in [0.15, 0.2) is 54.6 Å². The van der Waals surface area contributed by atoms with Crippen LogP contribution in [0.4, 0.5) is 0 Å². The average molecular weight is 579 g/mol. The van der Waals surface area contributed by atoms with E-state index >= 15 is 0 Å². The van der Waals surface area contributed by atoms with Gasteiger partial charge in [-0.15, -0.1) is 11.3 Å². The minimum Gasteiger partial charge on any atom is -0.387 e. The van der Waals surface area contributed by atoms with Crippen LogP contribution in [0.1, 0.15) is 47.1 Å². The van der Waals surface area contributed by atoms with Gasteiger partial charge in [-0.05, 0) is 73.8 Å². The Morgan fingerprint density at radius 1 is 1.05 bits per heavy atom. The van der Waals surface area contributed by atoms with Crippen LogP contribution in [0, 0.1) is 6.92 Å². The number of rotatable bonds is 8. The highest BCUT2D eigenvalue weighted by Crippen LogP contribution is 2.42. The van der Waals surface area contributed by atoms with E-state index in [0.29, 0.717) is 0 Å². The number of nitrogens with zero attached hydrogens (tertiary/aromatic N) is 2. The summed E-state index contributed by atoms with van der Waals surface area (Å²) in [5.41, 5.74) is 6.10. The maximum atomic E-state index is 11.0. The molecule has 0 spiro atoms. The number of hydrogen-bond donors (Lipinski definition) is 1. The Morgan fingerprint density at radius 2 is 1.85 bits per heavy atom. The number of piperazine rings is 1. The Kier molecular flexibility index (Phi) is 8.38. The van der Waals surface area contributed by atoms with Gasteiger partial charge in [-0.2, -0.15) is 0 Å². The second-order valence-corrected chi connectivity index (χ2v) is 13.3. The highest BCUT2D eigenvalue weighted by atomic mass is 32.1. The van der Waals surface area contributed by atoms with Gasteiger partial charge in [0, 0.05) is 56.0 Å². The number of fused-ring (bicyclic) bond motifs is 1. The van der Waals surface area contributed by atoms with Crippen molar-refractivity contribution in [3.8, 4) is 10.4 Å². The quantitative estimate of drug-likeness (QED) is 0.404. The number of ether oxygens (including phenoxy) is 4. The lowest BCUT2D eigenvalue weighted by Crippen LogP contribution is -2.43. The summed E-state index contributed by atoms with van der Waals surface area (Å²) in [6, 6.07) is 19.9. The molecule has 2 aromatic carbocycles. The molecule has 220 valence electrons. The third kappa shape index (κ3) is 6.31. The lowest BCUT2D eigenvalue weighted by atomic mass is 9.94. The van der Waals surface area contributed by atoms with Gasteiger partial charge in [0.15, 0.2) is 12.1 Å². The fourth-order valence-electron chi connectivity index (χ4n) is 6.19. The van der Waals surface area contributed by atoms with E-state index in [-0.39, 0.29) is 0 Å². The third-order valence-electron chi connectivity index (χ3n) is 8.55. The second kappa shape index (κ2) is 11.9. The second-order valence-electron chi connectivity index (χ2n) is 12.1. The van der Waals surface area contributed by atoms with E-state index in [1.807, 2.05) is 25.2 Å². The van der Waals surface area contributed by atoms with Crippen LogP contribution in [0.25, 0.3) is 10.4 Å². The average Bonchev–Trinajstić information content (AvgIpc) is 3.62. The lowest BCUT2D eigenvalue weighted by Gasteiger charge is -2.32. The monoisotopic (exact) mass is 578 g/mol. The first-order valence-electron chi connectivity index (χ1n) is 14.6. The van der Waals surface area contributed by atoms with E-state index in [1.165, 1.54) is 32.0 Å². The molecule has 0 aliphatic carbocycles. The summed E-state index contributed by atoms with van der Waals surface area (Å²) >= 11 is 1.85. The Labute approximate surface area is 247 Å². The molecule has 0 amide bonds. The van der Waals surface area contributed by atoms with Crippen molar-refractivity contribution < 1.29 is 24.1 Å². The summed E-state index contributed by atoms with van der Waals surface area (Å²) in [5, 5.41) is 11.0. The number of hydrogen-bond acceptors (Lipinski definition) is 8. The zero-order chi connectivity index (χ0) is 28.7. The van der Waals surface area contributed by atoms with Crippen molar-refractivity contribution in [3.63, 3.8) is 0 Å². The first-order chi connectivity index (χ1) is 19.7. The predicted octanol–water partition coefficient (Wildman–Crippen LogP) is 4.99. The number of aliphatic hydroxyl groups excluding tert-OH is 1. The number of likely N-dealkylation sites (N-methyl/N-ethyl adjacent to an activating group) is 1. The SMILES string of the molecule is COC(c1ccc(C)c(Cc2ccc(-c3cccc(CN4CCN(C)CC4)c3)s2)c1)[C@@H]1O[C@H]2OC(C)(C)O[C@H]2[C@@H]1O. The summed E-state index contributed by atoms with van der Waals surface area (Å²) in [7, 11) is 3.85. The fourth-order valence-corrected chi connectivity index (χ4v) is 7.22. The molecule has 1 unspecified atom stereocenters. The van der Waals surface area contributed by atoms with Crippen molar-refractivity contribution in [2.24, 2.45) is 0 Å². The number of benzene rings is 2. The number of methoxy groups -OCH3 is 1. The highest BCUT2D eigenvalue weighted by molar-refractivity contribution is 7.15. The van der Waals surface area contributed by atoms with Gasteiger partial charge < -0.3 is 29.0 Å². The summed E-state index contributed by atoms with van der Waals surface area (Å²) < 4.78 is 23.8. The van der Waals surface area contributed by atoms with Crippen LogP contribution in [-0.2, 0) is 31.9 Å². The van der Waals surface area contributed by atoms with Gasteiger partial charge in [-0.3, -0.25) is 4.90 Å². The summed E-state index contributed by atoms with van der Waals surface area (Å²) in [6.45, 7) is 11.3. The Balaban J connectivity index is 1.15. The zero-order valence-corrected chi connectivity index (χ0v) is 25.5. The summed E-state index contributed by atoms with van der Waals surface area (Å²) in [6.07, 6.45) is -2.15. The molecule has 3 fully saturated rings. The molecule has 1 N–H and O–H groups in total. The minimum atomic E-state index is -0.844. The third-order valence-corrected chi connectivity index (χ3v) is 9.68. The Hall–Kier alpha value is -2.14. The summed E-state index contributed by atoms with van der Waals surface area (Å²) in [4.78, 5) is 7.55. The van der Waals surface area contributed by atoms with Gasteiger partial charge in [-0.25, -0.2) is 0 Å². The van der Waals surface area contributed by atoms with E-state index in [0.717, 1.165) is 44.7 Å². The molecule has 3 aliphatic heterocycles. The smallest absolute Gasteiger partial charge is 0.190 e. The molecule has 8 heteroatoms. The van der Waals surface area contributed by atoms with Gasteiger partial charge in [-0.1, -0.05) is 36.4 Å². The molecule has 41 heavy (non-hydrogen) atoms. The molecule has 0 bridgehead atoms. The molecule has 7 nitrogen and oxygen atoms in total. The lowest BCUT2D eigenvalue weighted by molar-refractivity contribution is -0.228. The van der Waals surface area contributed by atoms with E-state index in [1.54, 1.807) is 7.11 Å². The topological polar surface area (TPSA) is 63.6 Å². The van der Waals surface area contributed by atoms with Crippen LogP contribution in [0.3, 0.4) is 0 Å². The zero-order valence-electron chi connectivity index (χ0n) is 24.7. The van der Waals surface area contributed by atoms with Gasteiger partial charge in [0.05, 0.1) is 0 Å². The predicted molar refractivity (Wildman–Crippen MR) is 161 cm³/mol. The molecule has 6 rings (SSSR count). The first-order valence-corrected chi connectivity index (χ1v) is 15.4. The number of thiophene rings is 1. The molecule has 0 radical (unpaired) electrons. The molecule has 3 aliphatic rings. The Bertz CT molecular complexity index is 1350.